The third kappa shape index (κ3) is 8.16. The molecule has 0 bridgehead atoms. The predicted octanol–water partition coefficient (Wildman–Crippen LogP) is 1.55. The van der Waals surface area contributed by atoms with E-state index in [1.54, 1.807) is 22.1 Å². The third-order valence-corrected chi connectivity index (χ3v) is 7.12. The van der Waals surface area contributed by atoms with Crippen molar-refractivity contribution in [3.63, 3.8) is 0 Å². The molecule has 0 spiro atoms. The standard InChI is InChI=1S/C28H43N5O4/c1-21-18-33(22(2)20-34)28(36)24-16-23(10-9-12-30(3)4)17-29-27(24)37-25(21)19-31(5)26(35)11-15-32-13-7-6-8-14-32/h16-17,21-22,25,34H,6-8,11-15,18-20H2,1-5H3/t21-,22+,25-/m0/s1. The van der Waals surface area contributed by atoms with Crippen LogP contribution in [-0.2, 0) is 4.79 Å². The zero-order chi connectivity index (χ0) is 26.9. The van der Waals surface area contributed by atoms with Crippen LogP contribution in [0.4, 0.5) is 0 Å². The molecule has 0 aromatic carbocycles. The van der Waals surface area contributed by atoms with Gasteiger partial charge in [-0.3, -0.25) is 14.5 Å². The first-order chi connectivity index (χ1) is 17.7. The Hall–Kier alpha value is -2.67. The van der Waals surface area contributed by atoms with Crippen molar-refractivity contribution in [3.8, 4) is 17.7 Å². The minimum atomic E-state index is -0.367. The lowest BCUT2D eigenvalue weighted by molar-refractivity contribution is -0.131. The summed E-state index contributed by atoms with van der Waals surface area (Å²) in [5.74, 6) is 6.14. The summed E-state index contributed by atoms with van der Waals surface area (Å²) < 4.78 is 6.31. The van der Waals surface area contributed by atoms with Crippen molar-refractivity contribution in [2.45, 2.75) is 51.7 Å². The van der Waals surface area contributed by atoms with E-state index in [0.29, 0.717) is 37.2 Å². The van der Waals surface area contributed by atoms with Crippen molar-refractivity contribution in [1.82, 2.24) is 24.6 Å². The molecule has 2 aliphatic rings. The number of aliphatic hydroxyl groups is 1. The molecule has 3 atom stereocenters. The number of carbonyl (C=O) groups excluding carboxylic acids is 2. The Morgan fingerprint density at radius 3 is 2.68 bits per heavy atom. The molecule has 1 fully saturated rings. The zero-order valence-electron chi connectivity index (χ0n) is 23.1. The Kier molecular flexibility index (Phi) is 10.7. The highest BCUT2D eigenvalue weighted by Crippen LogP contribution is 2.27. The number of aliphatic hydroxyl groups excluding tert-OH is 1. The monoisotopic (exact) mass is 513 g/mol. The number of carbonyl (C=O) groups is 2. The van der Waals surface area contributed by atoms with Gasteiger partial charge in [-0.1, -0.05) is 25.2 Å². The van der Waals surface area contributed by atoms with Gasteiger partial charge in [0.05, 0.1) is 25.7 Å². The first-order valence-electron chi connectivity index (χ1n) is 13.4. The highest BCUT2D eigenvalue weighted by Gasteiger charge is 2.34. The number of rotatable bonds is 8. The van der Waals surface area contributed by atoms with Crippen molar-refractivity contribution >= 4 is 11.8 Å². The fraction of sp³-hybridized carbons (Fsp3) is 0.679. The topological polar surface area (TPSA) is 89.4 Å². The molecule has 9 nitrogen and oxygen atoms in total. The van der Waals surface area contributed by atoms with Crippen molar-refractivity contribution in [1.29, 1.82) is 0 Å². The van der Waals surface area contributed by atoms with Gasteiger partial charge in [0.2, 0.25) is 11.8 Å². The molecule has 2 aliphatic heterocycles. The molecule has 0 saturated carbocycles. The fourth-order valence-electron chi connectivity index (χ4n) is 4.69. The molecule has 204 valence electrons. The van der Waals surface area contributed by atoms with Crippen molar-refractivity contribution < 1.29 is 19.4 Å². The summed E-state index contributed by atoms with van der Waals surface area (Å²) in [4.78, 5) is 38.7. The first kappa shape index (κ1) is 28.9. The summed E-state index contributed by atoms with van der Waals surface area (Å²) in [6.07, 6.45) is 5.42. The van der Waals surface area contributed by atoms with Gasteiger partial charge in [-0.15, -0.1) is 0 Å². The maximum absolute atomic E-state index is 13.5. The Bertz CT molecular complexity index is 983. The van der Waals surface area contributed by atoms with E-state index < -0.39 is 0 Å². The van der Waals surface area contributed by atoms with E-state index in [0.717, 1.165) is 19.6 Å². The molecule has 1 N–H and O–H groups in total. The number of ether oxygens (including phenoxy) is 1. The fourth-order valence-corrected chi connectivity index (χ4v) is 4.69. The van der Waals surface area contributed by atoms with Gasteiger partial charge in [0.15, 0.2) is 0 Å². The lowest BCUT2D eigenvalue weighted by Gasteiger charge is -2.37. The zero-order valence-corrected chi connectivity index (χ0v) is 23.1. The number of likely N-dealkylation sites (N-methyl/N-ethyl adjacent to an activating group) is 1. The maximum Gasteiger partial charge on any atom is 0.259 e. The summed E-state index contributed by atoms with van der Waals surface area (Å²) in [5.41, 5.74) is 0.956. The van der Waals surface area contributed by atoms with Crippen molar-refractivity contribution in [2.24, 2.45) is 5.92 Å². The summed E-state index contributed by atoms with van der Waals surface area (Å²) in [6, 6.07) is 1.35. The number of aromatic nitrogens is 1. The first-order valence-corrected chi connectivity index (χ1v) is 13.4. The quantitative estimate of drug-likeness (QED) is 0.528. The Labute approximate surface area is 221 Å². The summed E-state index contributed by atoms with van der Waals surface area (Å²) in [6.45, 7) is 7.98. The largest absolute Gasteiger partial charge is 0.472 e. The lowest BCUT2D eigenvalue weighted by Crippen LogP contribution is -2.50. The third-order valence-electron chi connectivity index (χ3n) is 7.12. The van der Waals surface area contributed by atoms with Crippen LogP contribution in [0.2, 0.25) is 0 Å². The number of nitrogens with zero attached hydrogens (tertiary/aromatic N) is 5. The van der Waals surface area contributed by atoms with E-state index in [1.807, 2.05) is 39.9 Å². The molecule has 37 heavy (non-hydrogen) atoms. The molecule has 0 unspecified atom stereocenters. The molecular formula is C28H43N5O4. The van der Waals surface area contributed by atoms with Gasteiger partial charge in [0, 0.05) is 44.2 Å². The average molecular weight is 514 g/mol. The van der Waals surface area contributed by atoms with Crippen LogP contribution in [0.1, 0.15) is 55.5 Å². The van der Waals surface area contributed by atoms with Gasteiger partial charge >= 0.3 is 0 Å². The molecule has 1 aromatic heterocycles. The van der Waals surface area contributed by atoms with Gasteiger partial charge < -0.3 is 24.5 Å². The predicted molar refractivity (Wildman–Crippen MR) is 143 cm³/mol. The van der Waals surface area contributed by atoms with Crippen LogP contribution in [-0.4, -0.2) is 121 Å². The Morgan fingerprint density at radius 1 is 1.27 bits per heavy atom. The summed E-state index contributed by atoms with van der Waals surface area (Å²) >= 11 is 0. The van der Waals surface area contributed by atoms with E-state index in [1.165, 1.54) is 19.3 Å². The van der Waals surface area contributed by atoms with E-state index in [9.17, 15) is 14.7 Å². The van der Waals surface area contributed by atoms with Gasteiger partial charge in [0.25, 0.3) is 5.91 Å². The maximum atomic E-state index is 13.5. The highest BCUT2D eigenvalue weighted by molar-refractivity contribution is 5.97. The molecule has 0 aliphatic carbocycles. The Morgan fingerprint density at radius 2 is 2.00 bits per heavy atom. The van der Waals surface area contributed by atoms with Crippen LogP contribution in [0.5, 0.6) is 5.88 Å². The van der Waals surface area contributed by atoms with Crippen molar-refractivity contribution in [3.05, 3.63) is 23.4 Å². The molecule has 0 radical (unpaired) electrons. The minimum Gasteiger partial charge on any atom is -0.472 e. The molecular weight excluding hydrogens is 470 g/mol. The van der Waals surface area contributed by atoms with E-state index in [-0.39, 0.29) is 42.4 Å². The van der Waals surface area contributed by atoms with Crippen LogP contribution >= 0.6 is 0 Å². The number of hydrogen-bond donors (Lipinski definition) is 1. The molecule has 1 saturated heterocycles. The number of hydrogen-bond acceptors (Lipinski definition) is 7. The van der Waals surface area contributed by atoms with Crippen molar-refractivity contribution in [2.75, 3.05) is 67.0 Å². The number of piperidine rings is 1. The number of pyridine rings is 1. The number of amides is 2. The van der Waals surface area contributed by atoms with E-state index in [4.69, 9.17) is 4.74 Å². The van der Waals surface area contributed by atoms with E-state index in [2.05, 4.69) is 21.7 Å². The van der Waals surface area contributed by atoms with Crippen LogP contribution < -0.4 is 4.74 Å². The van der Waals surface area contributed by atoms with Crippen LogP contribution in [0.15, 0.2) is 12.3 Å². The van der Waals surface area contributed by atoms with Crippen LogP contribution in [0.3, 0.4) is 0 Å². The SMILES string of the molecule is C[C@H](CO)N1C[C@H](C)[C@H](CN(C)C(=O)CCN2CCCCC2)Oc2ncc(C#CCN(C)C)cc2C1=O. The second-order valence-electron chi connectivity index (χ2n) is 10.7. The number of fused-ring (bicyclic) bond motifs is 1. The van der Waals surface area contributed by atoms with Gasteiger partial charge in [-0.2, -0.15) is 0 Å². The second kappa shape index (κ2) is 13.8. The van der Waals surface area contributed by atoms with Gasteiger partial charge in [-0.05, 0) is 53.0 Å². The number of likely N-dealkylation sites (tertiary alicyclic amines) is 1. The molecule has 3 rings (SSSR count). The van der Waals surface area contributed by atoms with Gasteiger partial charge in [0.1, 0.15) is 11.7 Å². The van der Waals surface area contributed by atoms with E-state index >= 15 is 0 Å². The summed E-state index contributed by atoms with van der Waals surface area (Å²) in [7, 11) is 5.69. The van der Waals surface area contributed by atoms with Crippen LogP contribution in [0, 0.1) is 17.8 Å². The van der Waals surface area contributed by atoms with Crippen LogP contribution in [0.25, 0.3) is 0 Å². The lowest BCUT2D eigenvalue weighted by atomic mass is 9.99. The molecule has 3 heterocycles. The average Bonchev–Trinajstić information content (AvgIpc) is 2.89. The Balaban J connectivity index is 1.79. The summed E-state index contributed by atoms with van der Waals surface area (Å²) in [5, 5.41) is 9.85. The smallest absolute Gasteiger partial charge is 0.259 e. The molecule has 2 amide bonds. The minimum absolute atomic E-state index is 0.0789. The highest BCUT2D eigenvalue weighted by atomic mass is 16.5. The second-order valence-corrected chi connectivity index (χ2v) is 10.7. The van der Waals surface area contributed by atoms with Gasteiger partial charge in [-0.25, -0.2) is 4.98 Å². The normalized spacial score (nSPS) is 21.3. The molecule has 1 aromatic rings. The molecule has 9 heteroatoms.